The van der Waals surface area contributed by atoms with Gasteiger partial charge in [-0.15, -0.1) is 0 Å². The molecule has 0 fully saturated rings. The molecule has 3 nitrogen and oxygen atoms in total. The lowest BCUT2D eigenvalue weighted by molar-refractivity contribution is -0.115. The number of carbonyl (C=O) groups excluding carboxylic acids is 1. The molecule has 1 aromatic heterocycles. The predicted octanol–water partition coefficient (Wildman–Crippen LogP) is 3.95. The van der Waals surface area contributed by atoms with Crippen LogP contribution < -0.4 is 5.32 Å². The molecule has 0 saturated carbocycles. The Labute approximate surface area is 130 Å². The molecule has 0 radical (unpaired) electrons. The molecule has 0 aliphatic heterocycles. The number of aromatic nitrogens is 1. The van der Waals surface area contributed by atoms with Crippen LogP contribution in [0.25, 0.3) is 0 Å². The molecule has 0 unspecified atom stereocenters. The van der Waals surface area contributed by atoms with E-state index < -0.39 is 0 Å². The highest BCUT2D eigenvalue weighted by Crippen LogP contribution is 2.05. The summed E-state index contributed by atoms with van der Waals surface area (Å²) in [4.78, 5) is 15.5. The van der Waals surface area contributed by atoms with E-state index in [1.165, 1.54) is 0 Å². The number of hydrogen-bond acceptors (Lipinski definition) is 2. The molecule has 1 N–H and O–H groups in total. The van der Waals surface area contributed by atoms with Crippen LogP contribution in [0.5, 0.6) is 0 Å². The van der Waals surface area contributed by atoms with Gasteiger partial charge in [-0.05, 0) is 17.7 Å². The first-order chi connectivity index (χ1) is 10.8. The first-order valence-electron chi connectivity index (χ1n) is 7.08. The predicted molar refractivity (Wildman–Crippen MR) is 89.5 cm³/mol. The Hall–Kier alpha value is -2.94. The van der Waals surface area contributed by atoms with Gasteiger partial charge in [0.25, 0.3) is 0 Å². The maximum Gasteiger partial charge on any atom is 0.228 e. The van der Waals surface area contributed by atoms with Gasteiger partial charge in [0.15, 0.2) is 0 Å². The minimum atomic E-state index is -0.0163. The average Bonchev–Trinajstić information content (AvgIpc) is 2.59. The Morgan fingerprint density at radius 3 is 1.82 bits per heavy atom. The molecule has 0 saturated heterocycles. The molecule has 0 bridgehead atoms. The quantitative estimate of drug-likeness (QED) is 0.793. The Morgan fingerprint density at radius 2 is 1.27 bits per heavy atom. The van der Waals surface area contributed by atoms with Crippen molar-refractivity contribution >= 4 is 11.6 Å². The van der Waals surface area contributed by atoms with Crippen molar-refractivity contribution in [1.82, 2.24) is 4.98 Å². The summed E-state index contributed by atoms with van der Waals surface area (Å²) in [5.41, 5.74) is 1.78. The van der Waals surface area contributed by atoms with Crippen molar-refractivity contribution in [3.05, 3.63) is 96.8 Å². The molecule has 0 aliphatic carbocycles. The fourth-order valence-electron chi connectivity index (χ4n) is 1.81. The van der Waals surface area contributed by atoms with Crippen molar-refractivity contribution in [1.29, 1.82) is 0 Å². The lowest BCUT2D eigenvalue weighted by atomic mass is 10.1. The number of anilines is 1. The Balaban J connectivity index is 0.000000246. The molecule has 3 rings (SSSR count). The average molecular weight is 290 g/mol. The number of hydrogen-bond donors (Lipinski definition) is 1. The van der Waals surface area contributed by atoms with Crippen LogP contribution >= 0.6 is 0 Å². The molecule has 2 aromatic carbocycles. The van der Waals surface area contributed by atoms with Crippen molar-refractivity contribution in [2.24, 2.45) is 0 Å². The van der Waals surface area contributed by atoms with Gasteiger partial charge in [0.1, 0.15) is 0 Å². The van der Waals surface area contributed by atoms with Crippen LogP contribution in [0, 0.1) is 0 Å². The number of carbonyl (C=O) groups is 1. The summed E-state index contributed by atoms with van der Waals surface area (Å²) in [7, 11) is 0. The number of nitrogens with zero attached hydrogens (tertiary/aromatic N) is 1. The van der Waals surface area contributed by atoms with Gasteiger partial charge in [-0.25, -0.2) is 0 Å². The zero-order valence-electron chi connectivity index (χ0n) is 12.2. The molecule has 1 amide bonds. The van der Waals surface area contributed by atoms with Gasteiger partial charge in [0.05, 0.1) is 6.42 Å². The van der Waals surface area contributed by atoms with Gasteiger partial charge >= 0.3 is 0 Å². The molecule has 1 heterocycles. The van der Waals surface area contributed by atoms with Crippen LogP contribution in [0.1, 0.15) is 5.56 Å². The second-order valence-electron chi connectivity index (χ2n) is 4.60. The summed E-state index contributed by atoms with van der Waals surface area (Å²) in [5, 5.41) is 2.81. The van der Waals surface area contributed by atoms with Gasteiger partial charge in [0.2, 0.25) is 5.91 Å². The van der Waals surface area contributed by atoms with Crippen LogP contribution in [0.4, 0.5) is 5.69 Å². The Kier molecular flexibility index (Phi) is 6.38. The van der Waals surface area contributed by atoms with Crippen molar-refractivity contribution < 1.29 is 4.79 Å². The third-order valence-corrected chi connectivity index (χ3v) is 2.84. The van der Waals surface area contributed by atoms with E-state index in [2.05, 4.69) is 10.3 Å². The zero-order chi connectivity index (χ0) is 15.5. The Bertz CT molecular complexity index is 585. The lowest BCUT2D eigenvalue weighted by Crippen LogP contribution is -2.14. The van der Waals surface area contributed by atoms with Crippen molar-refractivity contribution in [3.63, 3.8) is 0 Å². The van der Waals surface area contributed by atoms with Crippen LogP contribution in [0.15, 0.2) is 91.3 Å². The largest absolute Gasteiger partial charge is 0.326 e. The third-order valence-electron chi connectivity index (χ3n) is 2.84. The van der Waals surface area contributed by atoms with Crippen LogP contribution in [0.3, 0.4) is 0 Å². The summed E-state index contributed by atoms with van der Waals surface area (Å²) >= 11 is 0. The molecule has 0 atom stereocenters. The summed E-state index contributed by atoms with van der Waals surface area (Å²) < 4.78 is 0. The SMILES string of the molecule is O=C(Cc1ccccc1)Nc1ccncc1.c1ccccc1. The summed E-state index contributed by atoms with van der Waals surface area (Å²) in [5.74, 6) is -0.0163. The van der Waals surface area contributed by atoms with Crippen LogP contribution in [-0.2, 0) is 11.2 Å². The molecule has 110 valence electrons. The number of amides is 1. The summed E-state index contributed by atoms with van der Waals surface area (Å²) in [6.45, 7) is 0. The second kappa shape index (κ2) is 9.08. The van der Waals surface area contributed by atoms with E-state index in [1.54, 1.807) is 24.5 Å². The van der Waals surface area contributed by atoms with E-state index in [4.69, 9.17) is 0 Å². The zero-order valence-corrected chi connectivity index (χ0v) is 12.2. The molecule has 0 spiro atoms. The first-order valence-corrected chi connectivity index (χ1v) is 7.08. The standard InChI is InChI=1S/C13H12N2O.C6H6/c16-13(10-11-4-2-1-3-5-11)15-12-6-8-14-9-7-12;1-2-4-6-5-3-1/h1-9H,10H2,(H,14,15,16);1-6H. The maximum atomic E-state index is 11.7. The van der Waals surface area contributed by atoms with Gasteiger partial charge in [-0.2, -0.15) is 0 Å². The van der Waals surface area contributed by atoms with E-state index in [-0.39, 0.29) is 5.91 Å². The number of pyridine rings is 1. The van der Waals surface area contributed by atoms with Gasteiger partial charge in [-0.1, -0.05) is 66.7 Å². The van der Waals surface area contributed by atoms with Gasteiger partial charge in [0, 0.05) is 18.1 Å². The normalized spacial score (nSPS) is 9.27. The first kappa shape index (κ1) is 15.4. The van der Waals surface area contributed by atoms with Crippen molar-refractivity contribution in [2.45, 2.75) is 6.42 Å². The van der Waals surface area contributed by atoms with Crippen LogP contribution in [-0.4, -0.2) is 10.9 Å². The topological polar surface area (TPSA) is 42.0 Å². The number of nitrogens with one attached hydrogen (secondary N) is 1. The van der Waals surface area contributed by atoms with Gasteiger partial charge in [-0.3, -0.25) is 9.78 Å². The molecular weight excluding hydrogens is 272 g/mol. The molecule has 0 aliphatic rings. The molecule has 22 heavy (non-hydrogen) atoms. The van der Waals surface area contributed by atoms with E-state index >= 15 is 0 Å². The fraction of sp³-hybridized carbons (Fsp3) is 0.0526. The highest BCUT2D eigenvalue weighted by molar-refractivity contribution is 5.92. The third kappa shape index (κ3) is 6.01. The van der Waals surface area contributed by atoms with Crippen LogP contribution in [0.2, 0.25) is 0 Å². The second-order valence-corrected chi connectivity index (χ2v) is 4.60. The summed E-state index contributed by atoms with van der Waals surface area (Å²) in [6.07, 6.45) is 3.69. The van der Waals surface area contributed by atoms with Crippen molar-refractivity contribution in [3.8, 4) is 0 Å². The summed E-state index contributed by atoms with van der Waals surface area (Å²) in [6, 6.07) is 25.2. The highest BCUT2D eigenvalue weighted by Gasteiger charge is 2.02. The van der Waals surface area contributed by atoms with Gasteiger partial charge < -0.3 is 5.32 Å². The van der Waals surface area contributed by atoms with E-state index in [0.717, 1.165) is 11.3 Å². The number of benzene rings is 2. The van der Waals surface area contributed by atoms with Crippen molar-refractivity contribution in [2.75, 3.05) is 5.32 Å². The molecule has 3 aromatic rings. The lowest BCUT2D eigenvalue weighted by Gasteiger charge is -2.04. The minimum Gasteiger partial charge on any atom is -0.326 e. The molecular formula is C19H18N2O. The molecule has 3 heteroatoms. The smallest absolute Gasteiger partial charge is 0.228 e. The minimum absolute atomic E-state index is 0.0163. The fourth-order valence-corrected chi connectivity index (χ4v) is 1.81. The Morgan fingerprint density at radius 1 is 0.773 bits per heavy atom. The maximum absolute atomic E-state index is 11.7. The van der Waals surface area contributed by atoms with E-state index in [9.17, 15) is 4.79 Å². The highest BCUT2D eigenvalue weighted by atomic mass is 16.1. The van der Waals surface area contributed by atoms with E-state index in [0.29, 0.717) is 6.42 Å². The number of rotatable bonds is 3. The van der Waals surface area contributed by atoms with E-state index in [1.807, 2.05) is 66.7 Å². The monoisotopic (exact) mass is 290 g/mol.